The Morgan fingerprint density at radius 3 is 1.37 bits per heavy atom. The van der Waals surface area contributed by atoms with Crippen LogP contribution in [0.15, 0.2) is 0 Å². The third-order valence-electron chi connectivity index (χ3n) is 4.01. The Balaban J connectivity index is 1.71. The van der Waals surface area contributed by atoms with Crippen molar-refractivity contribution < 1.29 is 18.1 Å². The van der Waals surface area contributed by atoms with Crippen molar-refractivity contribution in [3.8, 4) is 0 Å². The van der Waals surface area contributed by atoms with E-state index in [-0.39, 0.29) is 5.41 Å². The Morgan fingerprint density at radius 1 is 0.741 bits per heavy atom. The Hall–Kier alpha value is 2.54. The van der Waals surface area contributed by atoms with Gasteiger partial charge in [-0.15, -0.1) is 0 Å². The van der Waals surface area contributed by atoms with Crippen molar-refractivity contribution >= 4 is 79.6 Å². The lowest BCUT2D eigenvalue weighted by Crippen LogP contribution is -2.45. The van der Waals surface area contributed by atoms with Gasteiger partial charge >= 0.3 is 0 Å². The van der Waals surface area contributed by atoms with E-state index >= 15 is 0 Å². The molecule has 0 aromatic carbocycles. The quantitative estimate of drug-likeness (QED) is 0.232. The SMILES string of the molecule is C[S+](C)CCCSP1(=S)OCC2(CO1)COP(=S)(SCCC[S+](C)C)OC2. The average Bonchev–Trinajstić information content (AvgIpc) is 2.61. The fraction of sp³-hybridized carbons (Fsp3) is 1.00. The highest BCUT2D eigenvalue weighted by Crippen LogP contribution is 2.68. The second-order valence-electron chi connectivity index (χ2n) is 7.24. The molecule has 2 saturated heterocycles. The summed E-state index contributed by atoms with van der Waals surface area (Å²) in [5.41, 5.74) is -4.66. The minimum Gasteiger partial charge on any atom is -0.321 e. The first kappa shape index (κ1) is 25.8. The van der Waals surface area contributed by atoms with Gasteiger partial charge in [0.05, 0.1) is 56.9 Å². The largest absolute Gasteiger partial charge is 0.321 e. The van der Waals surface area contributed by atoms with Gasteiger partial charge in [0, 0.05) is 24.3 Å². The lowest BCUT2D eigenvalue weighted by atomic mass is 9.93. The average molecular weight is 531 g/mol. The first-order valence-electron chi connectivity index (χ1n) is 8.82. The highest BCUT2D eigenvalue weighted by molar-refractivity contribution is 8.68. The molecule has 4 nitrogen and oxygen atoms in total. The summed E-state index contributed by atoms with van der Waals surface area (Å²) in [6, 6.07) is 0. The van der Waals surface area contributed by atoms with Crippen LogP contribution in [0.4, 0.5) is 0 Å². The Labute approximate surface area is 189 Å². The van der Waals surface area contributed by atoms with Crippen LogP contribution in [0.3, 0.4) is 0 Å². The smallest absolute Gasteiger partial charge is 0.247 e. The second kappa shape index (κ2) is 12.0. The van der Waals surface area contributed by atoms with Gasteiger partial charge < -0.3 is 18.1 Å². The van der Waals surface area contributed by atoms with Crippen LogP contribution in [0.25, 0.3) is 0 Å². The lowest BCUT2D eigenvalue weighted by molar-refractivity contribution is -0.0485. The minimum absolute atomic E-state index is 0.246. The first-order valence-corrected chi connectivity index (χ1v) is 21.7. The van der Waals surface area contributed by atoms with Crippen LogP contribution in [0.5, 0.6) is 0 Å². The monoisotopic (exact) mass is 530 g/mol. The van der Waals surface area contributed by atoms with Gasteiger partial charge in [0.15, 0.2) is 0 Å². The van der Waals surface area contributed by atoms with Crippen LogP contribution < -0.4 is 0 Å². The fourth-order valence-corrected chi connectivity index (χ4v) is 13.0. The zero-order valence-electron chi connectivity index (χ0n) is 16.5. The Morgan fingerprint density at radius 2 is 1.07 bits per heavy atom. The van der Waals surface area contributed by atoms with Gasteiger partial charge in [0.1, 0.15) is 11.5 Å². The van der Waals surface area contributed by atoms with Crippen LogP contribution in [-0.2, 0) is 63.5 Å². The highest BCUT2D eigenvalue weighted by Gasteiger charge is 2.46. The molecule has 0 unspecified atom stereocenters. The van der Waals surface area contributed by atoms with Gasteiger partial charge in [0.2, 0.25) is 11.4 Å². The molecular formula is C15H32O4P2S6+2. The molecule has 2 heterocycles. The molecule has 0 saturated carbocycles. The van der Waals surface area contributed by atoms with Gasteiger partial charge in [-0.1, -0.05) is 22.8 Å². The van der Waals surface area contributed by atoms with Crippen molar-refractivity contribution in [1.29, 1.82) is 0 Å². The van der Waals surface area contributed by atoms with E-state index in [0.717, 1.165) is 11.5 Å². The predicted octanol–water partition coefficient (Wildman–Crippen LogP) is 4.52. The summed E-state index contributed by atoms with van der Waals surface area (Å²) < 4.78 is 24.2. The van der Waals surface area contributed by atoms with Crippen molar-refractivity contribution in [2.75, 3.05) is 74.5 Å². The van der Waals surface area contributed by atoms with Gasteiger partial charge in [0.25, 0.3) is 0 Å². The minimum atomic E-state index is -2.21. The van der Waals surface area contributed by atoms with Crippen molar-refractivity contribution in [3.05, 3.63) is 0 Å². The summed E-state index contributed by atoms with van der Waals surface area (Å²) >= 11 is 14.7. The Kier molecular flexibility index (Phi) is 11.4. The third kappa shape index (κ3) is 9.28. The molecule has 0 aromatic rings. The molecule has 2 aliphatic rings. The summed E-state index contributed by atoms with van der Waals surface area (Å²) in [4.78, 5) is 0. The maximum atomic E-state index is 6.04. The van der Waals surface area contributed by atoms with E-state index < -0.39 is 11.4 Å². The van der Waals surface area contributed by atoms with E-state index in [9.17, 15) is 0 Å². The van der Waals surface area contributed by atoms with Gasteiger partial charge in [-0.2, -0.15) is 0 Å². The molecule has 2 rings (SSSR count). The van der Waals surface area contributed by atoms with Crippen LogP contribution in [0.1, 0.15) is 12.8 Å². The maximum Gasteiger partial charge on any atom is 0.247 e. The first-order chi connectivity index (χ1) is 12.7. The van der Waals surface area contributed by atoms with Crippen molar-refractivity contribution in [3.63, 3.8) is 0 Å². The van der Waals surface area contributed by atoms with E-state index in [1.807, 2.05) is 0 Å². The molecule has 0 N–H and O–H groups in total. The summed E-state index contributed by atoms with van der Waals surface area (Å²) in [5, 5.41) is 0. The number of hydrogen-bond acceptors (Lipinski definition) is 8. The molecule has 1 spiro atoms. The predicted molar refractivity (Wildman–Crippen MR) is 137 cm³/mol. The summed E-state index contributed by atoms with van der Waals surface area (Å²) in [6.07, 6.45) is 11.4. The summed E-state index contributed by atoms with van der Waals surface area (Å²) in [7, 11) is 0.968. The normalized spacial score (nSPS) is 34.6. The van der Waals surface area contributed by atoms with E-state index in [1.165, 1.54) is 24.3 Å². The standard InChI is InChI=1S/C15H32O4P2S6/c1-26(2)9-5-7-24-20(22)16-11-15(12-17-20)13-18-21(23,19-14-15)25-8-6-10-27(3)4/h5-14H2,1-4H3/q+2. The van der Waals surface area contributed by atoms with Crippen molar-refractivity contribution in [1.82, 2.24) is 0 Å². The van der Waals surface area contributed by atoms with E-state index in [2.05, 4.69) is 25.0 Å². The number of hydrogen-bond donors (Lipinski definition) is 0. The zero-order chi connectivity index (χ0) is 20.0. The van der Waals surface area contributed by atoms with E-state index in [0.29, 0.717) is 48.2 Å². The van der Waals surface area contributed by atoms with Crippen molar-refractivity contribution in [2.45, 2.75) is 12.8 Å². The molecule has 0 aromatic heterocycles. The number of rotatable bonds is 10. The van der Waals surface area contributed by atoms with Crippen molar-refractivity contribution in [2.24, 2.45) is 5.41 Å². The second-order valence-corrected chi connectivity index (χ2v) is 24.9. The molecule has 12 heteroatoms. The van der Waals surface area contributed by atoms with Crippen LogP contribution in [-0.4, -0.2) is 74.5 Å². The molecule has 27 heavy (non-hydrogen) atoms. The Bertz CT molecular complexity index is 487. The van der Waals surface area contributed by atoms with E-state index in [4.69, 9.17) is 41.7 Å². The molecule has 2 fully saturated rings. The zero-order valence-corrected chi connectivity index (χ0v) is 23.2. The van der Waals surface area contributed by atoms with Crippen LogP contribution in [0.2, 0.25) is 0 Å². The topological polar surface area (TPSA) is 36.9 Å². The molecule has 0 radical (unpaired) electrons. The molecule has 2 aliphatic heterocycles. The maximum absolute atomic E-state index is 6.04. The fourth-order valence-electron chi connectivity index (χ4n) is 2.39. The molecule has 160 valence electrons. The molecule has 0 amide bonds. The molecule has 0 aliphatic carbocycles. The van der Waals surface area contributed by atoms with Gasteiger partial charge in [-0.25, -0.2) is 0 Å². The van der Waals surface area contributed by atoms with Gasteiger partial charge in [-0.3, -0.25) is 0 Å². The molecule has 0 bridgehead atoms. The molecule has 0 atom stereocenters. The third-order valence-corrected chi connectivity index (χ3v) is 17.0. The highest BCUT2D eigenvalue weighted by atomic mass is 32.9. The summed E-state index contributed by atoms with van der Waals surface area (Å²) in [5.74, 6) is 4.51. The lowest BCUT2D eigenvalue weighted by Gasteiger charge is -2.44. The van der Waals surface area contributed by atoms with Crippen LogP contribution >= 0.6 is 34.2 Å². The van der Waals surface area contributed by atoms with Gasteiger partial charge in [-0.05, 0) is 45.4 Å². The molecular weight excluding hydrogens is 499 g/mol. The van der Waals surface area contributed by atoms with Crippen LogP contribution in [0, 0.1) is 5.41 Å². The summed E-state index contributed by atoms with van der Waals surface area (Å²) in [6.45, 7) is 2.21. The van der Waals surface area contributed by atoms with E-state index in [1.54, 1.807) is 22.8 Å².